The molecule has 0 saturated carbocycles. The topological polar surface area (TPSA) is 97.1 Å². The summed E-state index contributed by atoms with van der Waals surface area (Å²) < 4.78 is 20.5. The Labute approximate surface area is 116 Å². The quantitative estimate of drug-likeness (QED) is 0.330. The van der Waals surface area contributed by atoms with Crippen LogP contribution in [0.3, 0.4) is 0 Å². The summed E-state index contributed by atoms with van der Waals surface area (Å²) in [4.78, 5) is 22.9. The van der Waals surface area contributed by atoms with E-state index in [0.717, 1.165) is 0 Å². The molecule has 0 heterocycles. The largest absolute Gasteiger partial charge is 0.449 e. The maximum absolute atomic E-state index is 11.5. The molecule has 1 unspecified atom stereocenters. The molecule has 0 radical (unpaired) electrons. The molecule has 0 aliphatic rings. The molecule has 1 amide bonds. The Morgan fingerprint density at radius 1 is 1.11 bits per heavy atom. The Hall–Kier alpha value is -0.963. The van der Waals surface area contributed by atoms with Crippen molar-refractivity contribution in [1.29, 1.82) is 0 Å². The molecule has 0 aliphatic heterocycles. The minimum absolute atomic E-state index is 0.130. The van der Waals surface area contributed by atoms with E-state index in [-0.39, 0.29) is 12.8 Å². The van der Waals surface area contributed by atoms with Gasteiger partial charge in [0, 0.05) is 50.5 Å². The summed E-state index contributed by atoms with van der Waals surface area (Å²) in [6.07, 6.45) is 0.315. The predicted octanol–water partition coefficient (Wildman–Crippen LogP) is -1.07. The summed E-state index contributed by atoms with van der Waals surface area (Å²) >= 11 is 0. The minimum atomic E-state index is -1.40. The highest BCUT2D eigenvalue weighted by Gasteiger charge is 2.40. The Kier molecular flexibility index (Phi) is 7.20. The Bertz CT molecular complexity index is 312. The van der Waals surface area contributed by atoms with Crippen LogP contribution in [0.4, 0.5) is 0 Å². The van der Waals surface area contributed by atoms with Crippen molar-refractivity contribution >= 4 is 22.1 Å². The summed E-state index contributed by atoms with van der Waals surface area (Å²) in [5.74, 6) is -2.44. The Morgan fingerprint density at radius 3 is 1.89 bits per heavy atom. The second-order valence-electron chi connectivity index (χ2n) is 4.22. The van der Waals surface area contributed by atoms with Crippen molar-refractivity contribution in [3.05, 3.63) is 0 Å². The van der Waals surface area contributed by atoms with E-state index in [4.69, 9.17) is 24.7 Å². The first-order valence-corrected chi connectivity index (χ1v) is 7.37. The molecule has 0 spiro atoms. The average Bonchev–Trinajstić information content (AvgIpc) is 2.40. The zero-order valence-corrected chi connectivity index (χ0v) is 14.1. The zero-order valence-electron chi connectivity index (χ0n) is 12.1. The molecule has 0 aromatic rings. The van der Waals surface area contributed by atoms with Crippen molar-refractivity contribution < 1.29 is 28.5 Å². The first-order chi connectivity index (χ1) is 8.79. The van der Waals surface area contributed by atoms with Gasteiger partial charge in [0.2, 0.25) is 0 Å². The summed E-state index contributed by atoms with van der Waals surface area (Å²) in [5.41, 5.74) is 3.90. The molecule has 2 N–H and O–H groups in total. The van der Waals surface area contributed by atoms with Gasteiger partial charge < -0.3 is 24.7 Å². The molecule has 0 aromatic heterocycles. The van der Waals surface area contributed by atoms with Crippen molar-refractivity contribution in [2.75, 3.05) is 21.3 Å². The van der Waals surface area contributed by atoms with Gasteiger partial charge >= 0.3 is 5.97 Å². The van der Waals surface area contributed by atoms with Crippen LogP contribution < -0.4 is 5.73 Å². The van der Waals surface area contributed by atoms with Crippen molar-refractivity contribution in [2.24, 2.45) is 5.73 Å². The first kappa shape index (κ1) is 18.0. The lowest BCUT2D eigenvalue weighted by Crippen LogP contribution is -2.47. The van der Waals surface area contributed by atoms with E-state index in [9.17, 15) is 9.59 Å². The number of ether oxygens (including phenoxy) is 4. The van der Waals surface area contributed by atoms with Crippen LogP contribution in [0.25, 0.3) is 0 Å². The van der Waals surface area contributed by atoms with Gasteiger partial charge in [0.15, 0.2) is 5.60 Å². The minimum Gasteiger partial charge on any atom is -0.449 e. The molecule has 0 aliphatic carbocycles. The van der Waals surface area contributed by atoms with Gasteiger partial charge in [-0.15, -0.1) is 0 Å². The van der Waals surface area contributed by atoms with Gasteiger partial charge in [0.1, 0.15) is 0 Å². The number of hydrogen-bond acceptors (Lipinski definition) is 6. The molecular weight excluding hydrogens is 270 g/mol. The van der Waals surface area contributed by atoms with E-state index in [1.165, 1.54) is 28.3 Å². The lowest BCUT2D eigenvalue weighted by molar-refractivity contribution is -0.357. The first-order valence-electron chi connectivity index (χ1n) is 5.96. The monoisotopic (exact) mass is 293 g/mol. The molecule has 112 valence electrons. The molecule has 0 rings (SSSR count). The van der Waals surface area contributed by atoms with E-state index in [0.29, 0.717) is 16.3 Å². The molecule has 1 atom stereocenters. The third kappa shape index (κ3) is 4.90. The van der Waals surface area contributed by atoms with Crippen molar-refractivity contribution in [1.82, 2.24) is 0 Å². The van der Waals surface area contributed by atoms with Gasteiger partial charge in [-0.3, -0.25) is 9.59 Å². The van der Waals surface area contributed by atoms with Gasteiger partial charge in [-0.2, -0.15) is 0 Å². The Balaban J connectivity index is 4.85. The van der Waals surface area contributed by atoms with E-state index in [1.807, 2.05) is 0 Å². The number of hydrogen-bond donors (Lipinski definition) is 1. The normalized spacial score (nSPS) is 14.9. The van der Waals surface area contributed by atoms with Crippen molar-refractivity contribution in [3.8, 4) is 0 Å². The van der Waals surface area contributed by atoms with Crippen LogP contribution in [0.15, 0.2) is 0 Å². The molecule has 0 saturated heterocycles. The van der Waals surface area contributed by atoms with Crippen LogP contribution in [0.5, 0.6) is 0 Å². The highest BCUT2D eigenvalue weighted by atomic mass is 28.1. The van der Waals surface area contributed by atoms with E-state index < -0.39 is 23.5 Å². The number of rotatable bonds is 9. The van der Waals surface area contributed by atoms with E-state index >= 15 is 0 Å². The van der Waals surface area contributed by atoms with E-state index in [2.05, 4.69) is 0 Å². The number of esters is 1. The predicted molar refractivity (Wildman–Crippen MR) is 71.4 cm³/mol. The summed E-state index contributed by atoms with van der Waals surface area (Å²) in [5, 5.41) is 0. The SMILES string of the molecule is COC(CCC(C)(OC(=O)C[SiH3])C(N)=O)(OC)OC. The molecule has 0 bridgehead atoms. The van der Waals surface area contributed by atoms with Crippen LogP contribution >= 0.6 is 0 Å². The highest BCUT2D eigenvalue weighted by molar-refractivity contribution is 6.18. The van der Waals surface area contributed by atoms with Crippen LogP contribution in [-0.4, -0.2) is 55.0 Å². The maximum atomic E-state index is 11.5. The second-order valence-corrected chi connectivity index (χ2v) is 4.93. The van der Waals surface area contributed by atoms with Crippen LogP contribution in [-0.2, 0) is 28.5 Å². The number of amides is 1. The lowest BCUT2D eigenvalue weighted by atomic mass is 9.98. The van der Waals surface area contributed by atoms with Crippen LogP contribution in [0.1, 0.15) is 19.8 Å². The number of primary amides is 1. The Morgan fingerprint density at radius 2 is 1.58 bits per heavy atom. The molecule has 7 nitrogen and oxygen atoms in total. The number of methoxy groups -OCH3 is 3. The molecule has 0 aromatic carbocycles. The van der Waals surface area contributed by atoms with Crippen LogP contribution in [0, 0.1) is 0 Å². The van der Waals surface area contributed by atoms with Gasteiger partial charge in [-0.05, 0) is 6.92 Å². The fourth-order valence-electron chi connectivity index (χ4n) is 1.50. The fraction of sp³-hybridized carbons (Fsp3) is 0.818. The number of carbonyl (C=O) groups excluding carboxylic acids is 2. The smallest absolute Gasteiger partial charge is 0.303 e. The standard InChI is InChI=1S/C11H23NO6Si/c1-10(9(12)14,18-8(13)7-19)5-6-11(15-2,16-3)17-4/h5-7H2,1-4,19H3,(H2,12,14). The van der Waals surface area contributed by atoms with Gasteiger partial charge in [0.25, 0.3) is 11.9 Å². The molecule has 0 fully saturated rings. The van der Waals surface area contributed by atoms with Crippen LogP contribution in [0.2, 0.25) is 6.04 Å². The highest BCUT2D eigenvalue weighted by Crippen LogP contribution is 2.26. The lowest BCUT2D eigenvalue weighted by Gasteiger charge is -2.33. The van der Waals surface area contributed by atoms with Crippen molar-refractivity contribution in [2.45, 2.75) is 37.4 Å². The summed E-state index contributed by atoms with van der Waals surface area (Å²) in [6.45, 7) is 1.47. The zero-order chi connectivity index (χ0) is 15.1. The fourth-order valence-corrected chi connectivity index (χ4v) is 1.64. The third-order valence-corrected chi connectivity index (χ3v) is 3.57. The average molecular weight is 293 g/mol. The maximum Gasteiger partial charge on any atom is 0.303 e. The van der Waals surface area contributed by atoms with E-state index in [1.54, 1.807) is 0 Å². The van der Waals surface area contributed by atoms with Crippen molar-refractivity contribution in [3.63, 3.8) is 0 Å². The second kappa shape index (κ2) is 7.58. The summed E-state index contributed by atoms with van der Waals surface area (Å²) in [7, 11) is 4.90. The number of nitrogens with two attached hydrogens (primary N) is 1. The summed E-state index contributed by atoms with van der Waals surface area (Å²) in [6, 6.07) is 0.298. The van der Waals surface area contributed by atoms with Gasteiger partial charge in [-0.25, -0.2) is 0 Å². The molecular formula is C11H23NO6Si. The molecule has 19 heavy (non-hydrogen) atoms. The third-order valence-electron chi connectivity index (χ3n) is 2.99. The van der Waals surface area contributed by atoms with Gasteiger partial charge in [-0.1, -0.05) is 0 Å². The molecule has 8 heteroatoms. The van der Waals surface area contributed by atoms with Gasteiger partial charge in [0.05, 0.1) is 0 Å². The number of carbonyl (C=O) groups is 2.